The molecule has 11 heteroatoms. The van der Waals surface area contributed by atoms with Crippen molar-refractivity contribution in [2.75, 3.05) is 19.8 Å². The lowest BCUT2D eigenvalue weighted by Crippen LogP contribution is -2.60. The second-order valence-corrected chi connectivity index (χ2v) is 17.9. The molecule has 1 aliphatic heterocycles. The molecule has 0 saturated carbocycles. The predicted octanol–water partition coefficient (Wildman–Crippen LogP) is 10.5. The van der Waals surface area contributed by atoms with E-state index in [4.69, 9.17) is 14.2 Å². The van der Waals surface area contributed by atoms with Crippen LogP contribution in [0.25, 0.3) is 0 Å². The number of nitrogens with one attached hydrogen (secondary N) is 1. The fourth-order valence-electron chi connectivity index (χ4n) is 7.82. The lowest BCUT2D eigenvalue weighted by Gasteiger charge is -2.40. The average molecular weight is 906 g/mol. The van der Waals surface area contributed by atoms with Crippen molar-refractivity contribution in [1.29, 1.82) is 0 Å². The Kier molecular flexibility index (Phi) is 40.3. The maximum Gasteiger partial charge on any atom is 0.305 e. The molecule has 7 unspecified atom stereocenters. The number of carbonyl (C=O) groups excluding carboxylic acids is 2. The van der Waals surface area contributed by atoms with Crippen LogP contribution in [-0.2, 0) is 23.8 Å². The number of unbranched alkanes of at least 4 members (excludes halogenated alkanes) is 24. The molecule has 0 aromatic heterocycles. The molecule has 6 N–H and O–H groups in total. The smallest absolute Gasteiger partial charge is 0.305 e. The highest BCUT2D eigenvalue weighted by molar-refractivity contribution is 5.76. The minimum Gasteiger partial charge on any atom is -0.466 e. The zero-order valence-corrected chi connectivity index (χ0v) is 40.5. The molecule has 1 saturated heterocycles. The van der Waals surface area contributed by atoms with Crippen molar-refractivity contribution in [3.05, 3.63) is 48.6 Å². The first-order valence-electron chi connectivity index (χ1n) is 25.9. The van der Waals surface area contributed by atoms with Gasteiger partial charge in [0.15, 0.2) is 6.29 Å². The van der Waals surface area contributed by atoms with Gasteiger partial charge in [-0.25, -0.2) is 0 Å². The Labute approximate surface area is 389 Å². The highest BCUT2D eigenvalue weighted by atomic mass is 16.7. The van der Waals surface area contributed by atoms with Gasteiger partial charge < -0.3 is 45.1 Å². The zero-order valence-electron chi connectivity index (χ0n) is 40.5. The van der Waals surface area contributed by atoms with Gasteiger partial charge in [-0.3, -0.25) is 9.59 Å². The van der Waals surface area contributed by atoms with Crippen LogP contribution >= 0.6 is 0 Å². The van der Waals surface area contributed by atoms with Crippen LogP contribution in [0.2, 0.25) is 0 Å². The highest BCUT2D eigenvalue weighted by Gasteiger charge is 2.44. The molecule has 1 amide bonds. The Morgan fingerprint density at radius 3 is 1.64 bits per heavy atom. The molecular formula is C53H95NO10. The third-order valence-electron chi connectivity index (χ3n) is 12.0. The maximum atomic E-state index is 12.9. The molecular weight excluding hydrogens is 811 g/mol. The molecule has 7 atom stereocenters. The van der Waals surface area contributed by atoms with Crippen LogP contribution in [0.5, 0.6) is 0 Å². The van der Waals surface area contributed by atoms with Crippen LogP contribution in [0.3, 0.4) is 0 Å². The van der Waals surface area contributed by atoms with Gasteiger partial charge in [0.1, 0.15) is 24.4 Å². The third-order valence-corrected chi connectivity index (χ3v) is 12.0. The Balaban J connectivity index is 2.15. The number of allylic oxidation sites excluding steroid dienone is 7. The normalized spacial score (nSPS) is 20.3. The van der Waals surface area contributed by atoms with E-state index in [-0.39, 0.29) is 18.5 Å². The monoisotopic (exact) mass is 906 g/mol. The van der Waals surface area contributed by atoms with Crippen LogP contribution in [0.4, 0.5) is 0 Å². The first kappa shape index (κ1) is 59.6. The van der Waals surface area contributed by atoms with E-state index in [9.17, 15) is 35.1 Å². The molecule has 1 rings (SSSR count). The number of hydrogen-bond acceptors (Lipinski definition) is 10. The van der Waals surface area contributed by atoms with Gasteiger partial charge >= 0.3 is 5.97 Å². The fourth-order valence-corrected chi connectivity index (χ4v) is 7.82. The fraction of sp³-hybridized carbons (Fsp3) is 0.811. The summed E-state index contributed by atoms with van der Waals surface area (Å²) in [7, 11) is 0. The lowest BCUT2D eigenvalue weighted by molar-refractivity contribution is -0.302. The molecule has 1 heterocycles. The number of carbonyl (C=O) groups is 2. The number of ether oxygens (including phenoxy) is 3. The first-order valence-corrected chi connectivity index (χ1v) is 25.9. The number of hydrogen-bond donors (Lipinski definition) is 6. The van der Waals surface area contributed by atoms with E-state index in [0.717, 1.165) is 89.9 Å². The van der Waals surface area contributed by atoms with Crippen molar-refractivity contribution in [2.24, 2.45) is 0 Å². The molecule has 0 radical (unpaired) electrons. The first-order chi connectivity index (χ1) is 31.2. The number of esters is 1. The topological polar surface area (TPSA) is 175 Å². The van der Waals surface area contributed by atoms with E-state index in [1.54, 1.807) is 6.08 Å². The molecule has 1 aliphatic rings. The van der Waals surface area contributed by atoms with Crippen LogP contribution in [0.15, 0.2) is 48.6 Å². The van der Waals surface area contributed by atoms with Gasteiger partial charge in [-0.15, -0.1) is 0 Å². The number of amides is 1. The number of aliphatic hydroxyl groups is 5. The van der Waals surface area contributed by atoms with E-state index in [0.29, 0.717) is 32.3 Å². The summed E-state index contributed by atoms with van der Waals surface area (Å²) in [6, 6.07) is -0.852. The highest BCUT2D eigenvalue weighted by Crippen LogP contribution is 2.23. The molecule has 64 heavy (non-hydrogen) atoms. The summed E-state index contributed by atoms with van der Waals surface area (Å²) >= 11 is 0. The van der Waals surface area contributed by atoms with Gasteiger partial charge in [-0.2, -0.15) is 0 Å². The van der Waals surface area contributed by atoms with Crippen molar-refractivity contribution in [1.82, 2.24) is 5.32 Å². The van der Waals surface area contributed by atoms with Gasteiger partial charge in [0, 0.05) is 12.8 Å². The van der Waals surface area contributed by atoms with Crippen LogP contribution in [0, 0.1) is 0 Å². The van der Waals surface area contributed by atoms with Gasteiger partial charge in [-0.05, 0) is 84.0 Å². The minimum absolute atomic E-state index is 0.0472. The lowest BCUT2D eigenvalue weighted by atomic mass is 9.99. The Hall–Kier alpha value is -2.38. The largest absolute Gasteiger partial charge is 0.466 e. The van der Waals surface area contributed by atoms with E-state index >= 15 is 0 Å². The number of rotatable bonds is 43. The summed E-state index contributed by atoms with van der Waals surface area (Å²) in [4.78, 5) is 25.0. The third kappa shape index (κ3) is 33.1. The SMILES string of the molecule is C/C=C/CC/C=C/CC/C=C/C(O)C(COC1OC(CO)C(O)C(O)C1O)NC(=O)CCCCCCC/C=C\CCCCCOC(=O)CCCCCCCCCCCCCCCCC. The van der Waals surface area contributed by atoms with Gasteiger partial charge in [0.2, 0.25) is 5.91 Å². The van der Waals surface area contributed by atoms with Crippen molar-refractivity contribution < 1.29 is 49.3 Å². The summed E-state index contributed by atoms with van der Waals surface area (Å²) in [5, 5.41) is 54.0. The Morgan fingerprint density at radius 2 is 1.08 bits per heavy atom. The molecule has 0 bridgehead atoms. The summed E-state index contributed by atoms with van der Waals surface area (Å²) in [5.41, 5.74) is 0. The molecule has 0 spiro atoms. The maximum absolute atomic E-state index is 12.9. The minimum atomic E-state index is -1.59. The molecule has 0 aromatic carbocycles. The van der Waals surface area contributed by atoms with E-state index < -0.39 is 49.5 Å². The van der Waals surface area contributed by atoms with E-state index in [2.05, 4.69) is 42.6 Å². The van der Waals surface area contributed by atoms with E-state index in [1.165, 1.54) is 83.5 Å². The standard InChI is InChI=1S/C53H95NO10/c1-3-5-7-9-11-13-14-15-16-17-21-25-29-33-37-41-49(58)62-42-38-34-30-26-22-19-18-20-24-28-32-36-40-48(57)54-45(46(56)39-35-31-27-23-12-10-8-6-4-2)44-63-53-52(61)51(60)50(59)47(43-55)64-53/h4,6,12,19,22-23,35,39,45-47,50-53,55-56,59-61H,3,5,7-11,13-18,20-21,24-34,36-38,40-44H2,1-2H3,(H,54,57)/b6-4+,22-19-,23-12+,39-35+. The van der Waals surface area contributed by atoms with Crippen LogP contribution in [-0.4, -0.2) is 100 Å². The number of aliphatic hydroxyl groups excluding tert-OH is 5. The van der Waals surface area contributed by atoms with Gasteiger partial charge in [0.25, 0.3) is 0 Å². The van der Waals surface area contributed by atoms with Crippen molar-refractivity contribution in [3.63, 3.8) is 0 Å². The quantitative estimate of drug-likeness (QED) is 0.0196. The van der Waals surface area contributed by atoms with Crippen LogP contribution < -0.4 is 5.32 Å². The second kappa shape index (κ2) is 43.2. The van der Waals surface area contributed by atoms with E-state index in [1.807, 2.05) is 19.1 Å². The van der Waals surface area contributed by atoms with Gasteiger partial charge in [0.05, 0.1) is 32.0 Å². The molecule has 1 fully saturated rings. The zero-order chi connectivity index (χ0) is 46.7. The van der Waals surface area contributed by atoms with Crippen molar-refractivity contribution in [2.45, 2.75) is 256 Å². The Morgan fingerprint density at radius 1 is 0.594 bits per heavy atom. The van der Waals surface area contributed by atoms with Crippen molar-refractivity contribution in [3.8, 4) is 0 Å². The van der Waals surface area contributed by atoms with Crippen LogP contribution in [0.1, 0.15) is 213 Å². The predicted molar refractivity (Wildman–Crippen MR) is 260 cm³/mol. The van der Waals surface area contributed by atoms with Gasteiger partial charge in [-0.1, -0.05) is 165 Å². The molecule has 0 aliphatic carbocycles. The summed E-state index contributed by atoms with van der Waals surface area (Å²) in [5.74, 6) is -0.274. The Bertz CT molecular complexity index is 1210. The van der Waals surface area contributed by atoms with Crippen molar-refractivity contribution >= 4 is 11.9 Å². The summed E-state index contributed by atoms with van der Waals surface area (Å²) in [6.07, 6.45) is 42.2. The summed E-state index contributed by atoms with van der Waals surface area (Å²) < 4.78 is 16.6. The molecule has 372 valence electrons. The molecule has 0 aromatic rings. The summed E-state index contributed by atoms with van der Waals surface area (Å²) in [6.45, 7) is 3.99. The second-order valence-electron chi connectivity index (χ2n) is 17.9. The average Bonchev–Trinajstić information content (AvgIpc) is 3.29. The molecule has 11 nitrogen and oxygen atoms in total.